The first-order valence-corrected chi connectivity index (χ1v) is 13.1. The topological polar surface area (TPSA) is 20.3 Å². The third-order valence-electron chi connectivity index (χ3n) is 5.72. The number of amides is 1. The van der Waals surface area contributed by atoms with Gasteiger partial charge in [-0.25, -0.2) is 0 Å². The molecule has 28 heavy (non-hydrogen) atoms. The van der Waals surface area contributed by atoms with Crippen molar-refractivity contribution in [1.82, 2.24) is 4.90 Å². The number of unbranched alkanes of at least 4 members (excludes halogenated alkanes) is 16. The summed E-state index contributed by atoms with van der Waals surface area (Å²) in [4.78, 5) is 14.4. The average molecular weight is 416 g/mol. The largest absolute Gasteiger partial charge is 0.343 e. The number of nitrogens with zero attached hydrogens (tertiary/aromatic N) is 1. The zero-order chi connectivity index (χ0) is 20.7. The highest BCUT2D eigenvalue weighted by Gasteiger charge is 2.12. The van der Waals surface area contributed by atoms with E-state index in [1.165, 1.54) is 103 Å². The zero-order valence-corrected chi connectivity index (χ0v) is 20.0. The van der Waals surface area contributed by atoms with Gasteiger partial charge in [-0.15, -0.1) is 11.6 Å². The Balaban J connectivity index is 3.73. The van der Waals surface area contributed by atoms with Crippen LogP contribution in [0.3, 0.4) is 0 Å². The van der Waals surface area contributed by atoms with Crippen LogP contribution in [0.2, 0.25) is 0 Å². The predicted molar refractivity (Wildman–Crippen MR) is 126 cm³/mol. The highest BCUT2D eigenvalue weighted by molar-refractivity contribution is 6.18. The molecule has 0 aliphatic rings. The summed E-state index contributed by atoms with van der Waals surface area (Å²) in [6.07, 6.45) is 24.5. The van der Waals surface area contributed by atoms with Gasteiger partial charge in [0.05, 0.1) is 0 Å². The molecule has 0 radical (unpaired) electrons. The summed E-state index contributed by atoms with van der Waals surface area (Å²) in [7, 11) is 0. The molecular weight excluding hydrogens is 366 g/mol. The lowest BCUT2D eigenvalue weighted by molar-refractivity contribution is -0.130. The van der Waals surface area contributed by atoms with Crippen molar-refractivity contribution >= 4 is 17.5 Å². The van der Waals surface area contributed by atoms with Crippen molar-refractivity contribution in [2.24, 2.45) is 0 Å². The number of hydrogen-bond donors (Lipinski definition) is 0. The van der Waals surface area contributed by atoms with Gasteiger partial charge in [0.1, 0.15) is 0 Å². The summed E-state index contributed by atoms with van der Waals surface area (Å²) in [5.74, 6) is 0.708. The van der Waals surface area contributed by atoms with Crippen LogP contribution in [0.25, 0.3) is 0 Å². The van der Waals surface area contributed by atoms with E-state index in [0.717, 1.165) is 25.9 Å². The maximum Gasteiger partial charge on any atom is 0.223 e. The van der Waals surface area contributed by atoms with Crippen LogP contribution in [0.5, 0.6) is 0 Å². The molecule has 0 saturated heterocycles. The molecule has 0 aliphatic heterocycles. The number of rotatable bonds is 22. The Morgan fingerprint density at radius 1 is 0.571 bits per heavy atom. The first-order valence-electron chi connectivity index (χ1n) is 12.6. The first-order chi connectivity index (χ1) is 13.8. The maximum absolute atomic E-state index is 12.3. The van der Waals surface area contributed by atoms with Crippen LogP contribution < -0.4 is 0 Å². The lowest BCUT2D eigenvalue weighted by atomic mass is 10.1. The van der Waals surface area contributed by atoms with Gasteiger partial charge in [0, 0.05) is 25.4 Å². The van der Waals surface area contributed by atoms with E-state index in [2.05, 4.69) is 18.7 Å². The van der Waals surface area contributed by atoms with Crippen molar-refractivity contribution in [1.29, 1.82) is 0 Å². The first kappa shape index (κ1) is 27.8. The Morgan fingerprint density at radius 2 is 0.893 bits per heavy atom. The van der Waals surface area contributed by atoms with Crippen LogP contribution in [0.4, 0.5) is 0 Å². The molecule has 0 unspecified atom stereocenters. The molecule has 0 saturated carbocycles. The molecule has 0 aromatic heterocycles. The Hall–Kier alpha value is -0.240. The van der Waals surface area contributed by atoms with Crippen molar-refractivity contribution in [3.8, 4) is 0 Å². The fourth-order valence-electron chi connectivity index (χ4n) is 3.83. The Kier molecular flexibility index (Phi) is 22.8. The van der Waals surface area contributed by atoms with E-state index in [0.29, 0.717) is 12.3 Å². The van der Waals surface area contributed by atoms with Gasteiger partial charge in [-0.2, -0.15) is 0 Å². The molecule has 0 aromatic rings. The van der Waals surface area contributed by atoms with E-state index in [-0.39, 0.29) is 5.91 Å². The number of alkyl halides is 1. The van der Waals surface area contributed by atoms with Gasteiger partial charge < -0.3 is 4.90 Å². The van der Waals surface area contributed by atoms with E-state index in [9.17, 15) is 4.79 Å². The normalized spacial score (nSPS) is 11.1. The molecule has 2 nitrogen and oxygen atoms in total. The second-order valence-corrected chi connectivity index (χ2v) is 8.85. The standard InChI is InChI=1S/C25H50ClNO/c1-3-5-7-9-11-13-15-17-19-23-27(25(28)21-22-26)24-20-18-16-14-12-10-8-6-4-2/h3-24H2,1-2H3. The van der Waals surface area contributed by atoms with Crippen LogP contribution in [-0.2, 0) is 4.79 Å². The average Bonchev–Trinajstić information content (AvgIpc) is 2.69. The van der Waals surface area contributed by atoms with E-state index in [4.69, 9.17) is 11.6 Å². The highest BCUT2D eigenvalue weighted by atomic mass is 35.5. The van der Waals surface area contributed by atoms with Crippen LogP contribution >= 0.6 is 11.6 Å². The molecule has 0 atom stereocenters. The minimum Gasteiger partial charge on any atom is -0.343 e. The minimum atomic E-state index is 0.258. The summed E-state index contributed by atoms with van der Waals surface area (Å²) in [6, 6.07) is 0. The lowest BCUT2D eigenvalue weighted by Gasteiger charge is -2.22. The second-order valence-electron chi connectivity index (χ2n) is 8.48. The lowest BCUT2D eigenvalue weighted by Crippen LogP contribution is -2.33. The molecule has 1 amide bonds. The third kappa shape index (κ3) is 19.1. The van der Waals surface area contributed by atoms with Crippen molar-refractivity contribution in [3.05, 3.63) is 0 Å². The molecule has 0 N–H and O–H groups in total. The number of hydrogen-bond acceptors (Lipinski definition) is 1. The van der Waals surface area contributed by atoms with E-state index >= 15 is 0 Å². The van der Waals surface area contributed by atoms with Gasteiger partial charge in [-0.1, -0.05) is 117 Å². The molecule has 3 heteroatoms. The molecular formula is C25H50ClNO. The number of carbonyl (C=O) groups excluding carboxylic acids is 1. The van der Waals surface area contributed by atoms with Crippen LogP contribution in [0.1, 0.15) is 136 Å². The third-order valence-corrected chi connectivity index (χ3v) is 5.91. The van der Waals surface area contributed by atoms with E-state index in [1.807, 2.05) is 0 Å². The maximum atomic E-state index is 12.3. The quantitative estimate of drug-likeness (QED) is 0.128. The monoisotopic (exact) mass is 415 g/mol. The van der Waals surface area contributed by atoms with Crippen LogP contribution in [0, 0.1) is 0 Å². The highest BCUT2D eigenvalue weighted by Crippen LogP contribution is 2.12. The summed E-state index contributed by atoms with van der Waals surface area (Å²) < 4.78 is 0. The second kappa shape index (κ2) is 23.0. The predicted octanol–water partition coefficient (Wildman–Crippen LogP) is 8.51. The summed E-state index contributed by atoms with van der Waals surface area (Å²) in [5, 5.41) is 0. The fraction of sp³-hybridized carbons (Fsp3) is 0.960. The Labute approximate surface area is 182 Å². The molecule has 0 aliphatic carbocycles. The van der Waals surface area contributed by atoms with Gasteiger partial charge in [0.15, 0.2) is 0 Å². The van der Waals surface area contributed by atoms with Crippen LogP contribution in [0.15, 0.2) is 0 Å². The summed E-state index contributed by atoms with van der Waals surface area (Å²) in [5.41, 5.74) is 0. The molecule has 168 valence electrons. The Morgan fingerprint density at radius 3 is 1.21 bits per heavy atom. The van der Waals surface area contributed by atoms with E-state index in [1.54, 1.807) is 0 Å². The number of carbonyl (C=O) groups is 1. The van der Waals surface area contributed by atoms with Crippen molar-refractivity contribution in [2.75, 3.05) is 19.0 Å². The van der Waals surface area contributed by atoms with Gasteiger partial charge in [-0.3, -0.25) is 4.79 Å². The van der Waals surface area contributed by atoms with Gasteiger partial charge in [0.2, 0.25) is 5.91 Å². The molecule has 0 rings (SSSR count). The van der Waals surface area contributed by atoms with E-state index < -0.39 is 0 Å². The number of halogens is 1. The van der Waals surface area contributed by atoms with Gasteiger partial charge in [0.25, 0.3) is 0 Å². The Bertz CT molecular complexity index is 300. The smallest absolute Gasteiger partial charge is 0.223 e. The molecule has 0 spiro atoms. The zero-order valence-electron chi connectivity index (χ0n) is 19.3. The van der Waals surface area contributed by atoms with Crippen molar-refractivity contribution < 1.29 is 4.79 Å². The van der Waals surface area contributed by atoms with Crippen LogP contribution in [-0.4, -0.2) is 29.8 Å². The van der Waals surface area contributed by atoms with Crippen molar-refractivity contribution in [2.45, 2.75) is 136 Å². The molecule has 0 heterocycles. The fourth-order valence-corrected chi connectivity index (χ4v) is 3.99. The molecule has 0 aromatic carbocycles. The summed E-state index contributed by atoms with van der Waals surface area (Å²) >= 11 is 5.80. The van der Waals surface area contributed by atoms with Gasteiger partial charge >= 0.3 is 0 Å². The van der Waals surface area contributed by atoms with Gasteiger partial charge in [-0.05, 0) is 12.8 Å². The summed E-state index contributed by atoms with van der Waals surface area (Å²) in [6.45, 7) is 6.41. The SMILES string of the molecule is CCCCCCCCCCCN(CCCCCCCCCCC)C(=O)CCCl. The minimum absolute atomic E-state index is 0.258. The van der Waals surface area contributed by atoms with Crippen molar-refractivity contribution in [3.63, 3.8) is 0 Å². The molecule has 0 fully saturated rings. The molecule has 0 bridgehead atoms.